The molecule has 1 aliphatic rings. The summed E-state index contributed by atoms with van der Waals surface area (Å²) in [5, 5.41) is 3.56. The molecule has 100 valence electrons. The summed E-state index contributed by atoms with van der Waals surface area (Å²) in [5.74, 6) is 0.313. The molecule has 0 aliphatic carbocycles. The zero-order valence-corrected chi connectivity index (χ0v) is 11.3. The normalized spacial score (nSPS) is 18.5. The number of aryl methyl sites for hydroxylation is 2. The van der Waals surface area contributed by atoms with Gasteiger partial charge < -0.3 is 4.90 Å². The third-order valence-electron chi connectivity index (χ3n) is 3.56. The van der Waals surface area contributed by atoms with Gasteiger partial charge in [-0.1, -0.05) is 28.9 Å². The highest BCUT2D eigenvalue weighted by Gasteiger charge is 2.29. The van der Waals surface area contributed by atoms with E-state index >= 15 is 0 Å². The number of azide groups is 1. The van der Waals surface area contributed by atoms with Crippen LogP contribution in [0, 0.1) is 19.8 Å². The first-order valence-corrected chi connectivity index (χ1v) is 6.45. The summed E-state index contributed by atoms with van der Waals surface area (Å²) in [6.07, 6.45) is 0.490. The maximum Gasteiger partial charge on any atom is 0.223 e. The van der Waals surface area contributed by atoms with E-state index in [2.05, 4.69) is 42.1 Å². The lowest BCUT2D eigenvalue weighted by molar-refractivity contribution is -0.128. The molecule has 1 unspecified atom stereocenters. The predicted octanol–water partition coefficient (Wildman–Crippen LogP) is 2.96. The van der Waals surface area contributed by atoms with Crippen LogP contribution in [0.4, 0.5) is 0 Å². The molecule has 1 aromatic rings. The number of benzene rings is 1. The average Bonchev–Trinajstić information content (AvgIpc) is 2.72. The van der Waals surface area contributed by atoms with E-state index in [4.69, 9.17) is 5.53 Å². The van der Waals surface area contributed by atoms with Gasteiger partial charge in [0.05, 0.1) is 0 Å². The third kappa shape index (κ3) is 3.26. The SMILES string of the molecule is Cc1ccc(C)c(CN2CC(CN=[N+]=[N-])CC2=O)c1. The van der Waals surface area contributed by atoms with E-state index in [9.17, 15) is 4.79 Å². The molecule has 1 atom stereocenters. The van der Waals surface area contributed by atoms with Crippen LogP contribution < -0.4 is 0 Å². The molecule has 1 saturated heterocycles. The van der Waals surface area contributed by atoms with Gasteiger partial charge in [0.15, 0.2) is 0 Å². The maximum atomic E-state index is 11.9. The van der Waals surface area contributed by atoms with E-state index in [1.165, 1.54) is 16.7 Å². The Morgan fingerprint density at radius 3 is 3.00 bits per heavy atom. The Kier molecular flexibility index (Phi) is 4.07. The maximum absolute atomic E-state index is 11.9. The molecule has 0 spiro atoms. The van der Waals surface area contributed by atoms with Crippen molar-refractivity contribution in [3.05, 3.63) is 45.3 Å². The van der Waals surface area contributed by atoms with E-state index in [0.29, 0.717) is 26.1 Å². The van der Waals surface area contributed by atoms with Crippen LogP contribution in [-0.2, 0) is 11.3 Å². The molecule has 1 heterocycles. The molecular formula is C14H18N4O. The topological polar surface area (TPSA) is 69.1 Å². The van der Waals surface area contributed by atoms with Crippen LogP contribution in [0.25, 0.3) is 10.4 Å². The van der Waals surface area contributed by atoms with Crippen LogP contribution in [-0.4, -0.2) is 23.9 Å². The molecule has 1 aliphatic heterocycles. The highest BCUT2D eigenvalue weighted by Crippen LogP contribution is 2.22. The van der Waals surface area contributed by atoms with Crippen LogP contribution in [0.1, 0.15) is 23.1 Å². The highest BCUT2D eigenvalue weighted by molar-refractivity contribution is 5.78. The zero-order valence-electron chi connectivity index (χ0n) is 11.3. The Bertz CT molecular complexity index is 534. The summed E-state index contributed by atoms with van der Waals surface area (Å²) in [6, 6.07) is 6.29. The monoisotopic (exact) mass is 258 g/mol. The van der Waals surface area contributed by atoms with Gasteiger partial charge in [-0.25, -0.2) is 0 Å². The number of rotatable bonds is 4. The van der Waals surface area contributed by atoms with Crippen molar-refractivity contribution in [2.24, 2.45) is 11.0 Å². The average molecular weight is 258 g/mol. The van der Waals surface area contributed by atoms with Crippen LogP contribution in [0.5, 0.6) is 0 Å². The largest absolute Gasteiger partial charge is 0.338 e. The summed E-state index contributed by atoms with van der Waals surface area (Å²) in [4.78, 5) is 16.6. The highest BCUT2D eigenvalue weighted by atomic mass is 16.2. The minimum Gasteiger partial charge on any atom is -0.338 e. The van der Waals surface area contributed by atoms with E-state index in [-0.39, 0.29) is 11.8 Å². The van der Waals surface area contributed by atoms with Gasteiger partial charge in [0.25, 0.3) is 0 Å². The van der Waals surface area contributed by atoms with Gasteiger partial charge in [0.1, 0.15) is 0 Å². The van der Waals surface area contributed by atoms with Crippen molar-refractivity contribution < 1.29 is 4.79 Å². The van der Waals surface area contributed by atoms with E-state index in [1.54, 1.807) is 0 Å². The smallest absolute Gasteiger partial charge is 0.223 e. The van der Waals surface area contributed by atoms with E-state index < -0.39 is 0 Å². The second-order valence-corrected chi connectivity index (χ2v) is 5.19. The summed E-state index contributed by atoms with van der Waals surface area (Å²) in [6.45, 7) is 5.86. The van der Waals surface area contributed by atoms with Gasteiger partial charge in [-0.2, -0.15) is 0 Å². The van der Waals surface area contributed by atoms with E-state index in [0.717, 1.165) is 0 Å². The quantitative estimate of drug-likeness (QED) is 0.465. The minimum atomic E-state index is 0.152. The zero-order chi connectivity index (χ0) is 13.8. The third-order valence-corrected chi connectivity index (χ3v) is 3.56. The lowest BCUT2D eigenvalue weighted by Gasteiger charge is -2.18. The molecule has 0 aromatic heterocycles. The first-order chi connectivity index (χ1) is 9.10. The summed E-state index contributed by atoms with van der Waals surface area (Å²) in [5.41, 5.74) is 11.9. The van der Waals surface area contributed by atoms with Crippen molar-refractivity contribution in [2.75, 3.05) is 13.1 Å². The van der Waals surface area contributed by atoms with Crippen molar-refractivity contribution in [1.29, 1.82) is 0 Å². The fourth-order valence-corrected chi connectivity index (χ4v) is 2.46. The molecule has 2 rings (SSSR count). The lowest BCUT2D eigenvalue weighted by Crippen LogP contribution is -2.25. The van der Waals surface area contributed by atoms with Gasteiger partial charge >= 0.3 is 0 Å². The van der Waals surface area contributed by atoms with Gasteiger partial charge in [-0.3, -0.25) is 4.79 Å². The lowest BCUT2D eigenvalue weighted by atomic mass is 10.1. The van der Waals surface area contributed by atoms with E-state index in [1.807, 2.05) is 4.90 Å². The molecule has 5 heteroatoms. The molecule has 1 amide bonds. The van der Waals surface area contributed by atoms with Gasteiger partial charge in [-0.05, 0) is 36.4 Å². The molecule has 19 heavy (non-hydrogen) atoms. The number of carbonyl (C=O) groups excluding carboxylic acids is 1. The Labute approximate surface area is 112 Å². The molecule has 0 saturated carbocycles. The summed E-state index contributed by atoms with van der Waals surface area (Å²) >= 11 is 0. The van der Waals surface area contributed by atoms with Crippen LogP contribution in [0.2, 0.25) is 0 Å². The fraction of sp³-hybridized carbons (Fsp3) is 0.500. The predicted molar refractivity (Wildman–Crippen MR) is 73.5 cm³/mol. The Morgan fingerprint density at radius 1 is 1.47 bits per heavy atom. The summed E-state index contributed by atoms with van der Waals surface area (Å²) < 4.78 is 0. The second-order valence-electron chi connectivity index (χ2n) is 5.19. The van der Waals surface area contributed by atoms with Gasteiger partial charge in [0, 0.05) is 31.0 Å². The Hall–Kier alpha value is -2.00. The van der Waals surface area contributed by atoms with Gasteiger partial charge in [0.2, 0.25) is 5.91 Å². The molecule has 0 bridgehead atoms. The van der Waals surface area contributed by atoms with Crippen molar-refractivity contribution >= 4 is 5.91 Å². The number of carbonyl (C=O) groups is 1. The van der Waals surface area contributed by atoms with Crippen molar-refractivity contribution in [1.82, 2.24) is 4.90 Å². The molecule has 5 nitrogen and oxygen atoms in total. The number of hydrogen-bond donors (Lipinski definition) is 0. The molecule has 1 fully saturated rings. The van der Waals surface area contributed by atoms with Gasteiger partial charge in [-0.15, -0.1) is 0 Å². The number of hydrogen-bond acceptors (Lipinski definition) is 2. The summed E-state index contributed by atoms with van der Waals surface area (Å²) in [7, 11) is 0. The van der Waals surface area contributed by atoms with Crippen LogP contribution >= 0.6 is 0 Å². The van der Waals surface area contributed by atoms with Crippen molar-refractivity contribution in [3.8, 4) is 0 Å². The standard InChI is InChI=1S/C14H18N4O/c1-10-3-4-11(2)13(5-10)9-18-8-12(6-14(18)19)7-16-17-15/h3-5,12H,6-9H2,1-2H3. The minimum absolute atomic E-state index is 0.152. The van der Waals surface area contributed by atoms with Crippen molar-refractivity contribution in [3.63, 3.8) is 0 Å². The van der Waals surface area contributed by atoms with Crippen molar-refractivity contribution in [2.45, 2.75) is 26.8 Å². The van der Waals surface area contributed by atoms with Crippen LogP contribution in [0.3, 0.4) is 0 Å². The number of amides is 1. The number of nitrogens with zero attached hydrogens (tertiary/aromatic N) is 4. The molecule has 0 radical (unpaired) electrons. The Balaban J connectivity index is 2.05. The fourth-order valence-electron chi connectivity index (χ4n) is 2.46. The first-order valence-electron chi connectivity index (χ1n) is 6.45. The Morgan fingerprint density at radius 2 is 2.26 bits per heavy atom. The second kappa shape index (κ2) is 5.76. The molecular weight excluding hydrogens is 240 g/mol. The van der Waals surface area contributed by atoms with Crippen LogP contribution in [0.15, 0.2) is 23.3 Å². The first kappa shape index (κ1) is 13.4. The number of likely N-dealkylation sites (tertiary alicyclic amines) is 1. The molecule has 0 N–H and O–H groups in total. The molecule has 1 aromatic carbocycles.